The number of allylic oxidation sites excluding steroid dienone is 2. The molecule has 3 heteroatoms. The van der Waals surface area contributed by atoms with E-state index in [-0.39, 0.29) is 20.4 Å². The van der Waals surface area contributed by atoms with Crippen LogP contribution in [-0.2, 0) is 20.4 Å². The average molecular weight is 423 g/mol. The van der Waals surface area contributed by atoms with Crippen molar-refractivity contribution in [3.63, 3.8) is 0 Å². The second kappa shape index (κ2) is 9.81. The smallest absolute Gasteiger partial charge is 0 e. The molecular formula is C20H31NPPd-. The molecule has 1 aliphatic rings. The van der Waals surface area contributed by atoms with Gasteiger partial charge in [-0.15, -0.1) is 44.5 Å². The molecule has 0 heterocycles. The summed E-state index contributed by atoms with van der Waals surface area (Å²) in [5.41, 5.74) is 8.26. The Bertz CT molecular complexity index is 495. The topological polar surface area (TPSA) is 26.0 Å². The van der Waals surface area contributed by atoms with Crippen LogP contribution in [0.2, 0.25) is 0 Å². The first-order chi connectivity index (χ1) is 10.1. The van der Waals surface area contributed by atoms with Gasteiger partial charge < -0.3 is 5.73 Å². The molecular weight excluding hydrogens is 392 g/mol. The van der Waals surface area contributed by atoms with E-state index in [4.69, 9.17) is 5.73 Å². The van der Waals surface area contributed by atoms with Crippen molar-refractivity contribution in [3.8, 4) is 0 Å². The summed E-state index contributed by atoms with van der Waals surface area (Å²) in [6.07, 6.45) is 7.05. The molecule has 1 aliphatic carbocycles. The van der Waals surface area contributed by atoms with Crippen LogP contribution >= 0.6 is 8.58 Å². The minimum atomic E-state index is 0. The van der Waals surface area contributed by atoms with Gasteiger partial charge in [0.25, 0.3) is 0 Å². The largest absolute Gasteiger partial charge is 0.357 e. The van der Waals surface area contributed by atoms with E-state index in [9.17, 15) is 0 Å². The summed E-state index contributed by atoms with van der Waals surface area (Å²) in [5, 5.41) is 1.02. The maximum atomic E-state index is 5.91. The molecule has 2 N–H and O–H groups in total. The van der Waals surface area contributed by atoms with E-state index in [0.29, 0.717) is 10.3 Å². The van der Waals surface area contributed by atoms with E-state index < -0.39 is 0 Å². The van der Waals surface area contributed by atoms with Gasteiger partial charge in [0.05, 0.1) is 0 Å². The molecule has 1 aromatic rings. The van der Waals surface area contributed by atoms with Crippen molar-refractivity contribution in [1.29, 1.82) is 0 Å². The summed E-state index contributed by atoms with van der Waals surface area (Å²) in [5.74, 6) is 0. The molecule has 23 heavy (non-hydrogen) atoms. The molecule has 1 nitrogen and oxygen atoms in total. The Morgan fingerprint density at radius 3 is 1.87 bits per heavy atom. The van der Waals surface area contributed by atoms with E-state index in [1.807, 2.05) is 18.2 Å². The maximum absolute atomic E-state index is 5.91. The summed E-state index contributed by atoms with van der Waals surface area (Å²) in [4.78, 5) is 0. The molecule has 0 aliphatic heterocycles. The Kier molecular flexibility index (Phi) is 9.65. The number of nitrogens with two attached hydrogens (primary N) is 1. The van der Waals surface area contributed by atoms with Crippen molar-refractivity contribution in [2.24, 2.45) is 5.73 Å². The Labute approximate surface area is 158 Å². The minimum Gasteiger partial charge on any atom is -0.357 e. The van der Waals surface area contributed by atoms with Crippen LogP contribution in [0.4, 0.5) is 0 Å². The van der Waals surface area contributed by atoms with E-state index in [1.165, 1.54) is 5.56 Å². The first-order valence-electron chi connectivity index (χ1n) is 7.92. The molecule has 0 radical (unpaired) electrons. The SMILES string of the molecule is CC(C)(C)PC(C)(C)C.N[C-]1CC=CC=C1c1ccccc1.[Pd]. The Morgan fingerprint density at radius 2 is 1.48 bits per heavy atom. The molecule has 0 amide bonds. The third-order valence-electron chi connectivity index (χ3n) is 2.92. The quantitative estimate of drug-likeness (QED) is 0.346. The number of hydrogen-bond donors (Lipinski definition) is 1. The average Bonchev–Trinajstić information content (AvgIpc) is 2.37. The van der Waals surface area contributed by atoms with Gasteiger partial charge in [-0.25, -0.2) is 0 Å². The standard InChI is InChI=1S/C12H12N.C8H19P.Pd/c13-12-9-5-4-8-11(12)10-6-2-1-3-7-10;1-7(2,3)9-8(4,5)6;/h1-8H,9,13H2;9H,1-6H3;/q-1;;. The van der Waals surface area contributed by atoms with Crippen molar-refractivity contribution < 1.29 is 20.4 Å². The molecule has 0 unspecified atom stereocenters. The van der Waals surface area contributed by atoms with Crippen LogP contribution < -0.4 is 5.73 Å². The van der Waals surface area contributed by atoms with Gasteiger partial charge in [-0.3, -0.25) is 0 Å². The second-order valence-corrected chi connectivity index (χ2v) is 11.0. The monoisotopic (exact) mass is 422 g/mol. The minimum absolute atomic E-state index is 0. The van der Waals surface area contributed by atoms with Gasteiger partial charge in [-0.2, -0.15) is 11.6 Å². The molecule has 2 rings (SSSR count). The summed E-state index contributed by atoms with van der Waals surface area (Å²) in [6, 6.07) is 11.2. The molecule has 0 bridgehead atoms. The van der Waals surface area contributed by atoms with Crippen LogP contribution in [0.1, 0.15) is 53.5 Å². The summed E-state index contributed by atoms with van der Waals surface area (Å²) < 4.78 is 0. The molecule has 0 saturated carbocycles. The van der Waals surface area contributed by atoms with Gasteiger partial charge in [0.2, 0.25) is 0 Å². The van der Waals surface area contributed by atoms with E-state index >= 15 is 0 Å². The maximum Gasteiger partial charge on any atom is 0 e. The third kappa shape index (κ3) is 10.2. The van der Waals surface area contributed by atoms with Gasteiger partial charge in [-0.1, -0.05) is 59.7 Å². The van der Waals surface area contributed by atoms with E-state index in [0.717, 1.165) is 26.6 Å². The van der Waals surface area contributed by atoms with Crippen LogP contribution in [0.3, 0.4) is 0 Å². The number of benzene rings is 1. The van der Waals surface area contributed by atoms with Crippen LogP contribution in [0.25, 0.3) is 5.57 Å². The molecule has 0 atom stereocenters. The van der Waals surface area contributed by atoms with Crippen molar-refractivity contribution in [3.05, 3.63) is 60.2 Å². The van der Waals surface area contributed by atoms with Gasteiger partial charge in [0.15, 0.2) is 0 Å². The first-order valence-corrected chi connectivity index (χ1v) is 8.92. The van der Waals surface area contributed by atoms with Crippen LogP contribution in [0.15, 0.2) is 48.6 Å². The predicted molar refractivity (Wildman–Crippen MR) is 103 cm³/mol. The Morgan fingerprint density at radius 1 is 0.957 bits per heavy atom. The van der Waals surface area contributed by atoms with Gasteiger partial charge in [-0.05, 0) is 16.7 Å². The fourth-order valence-corrected chi connectivity index (χ4v) is 4.85. The zero-order valence-corrected chi connectivity index (χ0v) is 17.8. The predicted octanol–water partition coefficient (Wildman–Crippen LogP) is 5.78. The van der Waals surface area contributed by atoms with Crippen molar-refractivity contribution in [2.45, 2.75) is 58.3 Å². The molecule has 0 spiro atoms. The zero-order chi connectivity index (χ0) is 16.8. The van der Waals surface area contributed by atoms with E-state index in [2.05, 4.69) is 71.9 Å². The third-order valence-corrected chi connectivity index (χ3v) is 4.42. The second-order valence-electron chi connectivity index (χ2n) is 7.73. The normalized spacial score (nSPS) is 14.4. The Balaban J connectivity index is 0.000000434. The summed E-state index contributed by atoms with van der Waals surface area (Å²) in [7, 11) is 1.05. The van der Waals surface area contributed by atoms with Gasteiger partial charge in [0.1, 0.15) is 0 Å². The van der Waals surface area contributed by atoms with Crippen molar-refractivity contribution in [2.75, 3.05) is 0 Å². The van der Waals surface area contributed by atoms with Crippen molar-refractivity contribution in [1.82, 2.24) is 0 Å². The summed E-state index contributed by atoms with van der Waals surface area (Å²) >= 11 is 0. The molecule has 0 fully saturated rings. The van der Waals surface area contributed by atoms with Crippen LogP contribution in [0, 0.1) is 6.04 Å². The van der Waals surface area contributed by atoms with Gasteiger partial charge >= 0.3 is 0 Å². The fourth-order valence-electron chi connectivity index (χ4n) is 2.60. The number of rotatable bonds is 1. The van der Waals surface area contributed by atoms with Crippen LogP contribution in [0.5, 0.6) is 0 Å². The van der Waals surface area contributed by atoms with E-state index in [1.54, 1.807) is 0 Å². The number of hydrogen-bond acceptors (Lipinski definition) is 1. The molecule has 1 aromatic carbocycles. The molecule has 0 saturated heterocycles. The Hall–Kier alpha value is -0.378. The van der Waals surface area contributed by atoms with Gasteiger partial charge in [0, 0.05) is 20.4 Å². The zero-order valence-electron chi connectivity index (χ0n) is 15.2. The molecule has 0 aromatic heterocycles. The summed E-state index contributed by atoms with van der Waals surface area (Å²) in [6.45, 7) is 13.8. The van der Waals surface area contributed by atoms with Crippen molar-refractivity contribution >= 4 is 14.2 Å². The first kappa shape index (κ1) is 22.6. The molecule has 132 valence electrons. The fraction of sp³-hybridized carbons (Fsp3) is 0.450. The van der Waals surface area contributed by atoms with Crippen LogP contribution in [-0.4, -0.2) is 10.3 Å².